The van der Waals surface area contributed by atoms with Crippen LogP contribution in [0.3, 0.4) is 0 Å². The summed E-state index contributed by atoms with van der Waals surface area (Å²) in [6.07, 6.45) is 0.230. The van der Waals surface area contributed by atoms with E-state index in [9.17, 15) is 19.2 Å². The van der Waals surface area contributed by atoms with Gasteiger partial charge in [-0.15, -0.1) is 0 Å². The zero-order valence-electron chi connectivity index (χ0n) is 11.3. The van der Waals surface area contributed by atoms with Gasteiger partial charge in [-0.3, -0.25) is 29.4 Å². The number of imide groups is 2. The highest BCUT2D eigenvalue weighted by molar-refractivity contribution is 6.25. The van der Waals surface area contributed by atoms with E-state index in [0.717, 1.165) is 4.90 Å². The molecule has 0 saturated carbocycles. The van der Waals surface area contributed by atoms with Crippen molar-refractivity contribution >= 4 is 29.3 Å². The zero-order valence-corrected chi connectivity index (χ0v) is 11.3. The van der Waals surface area contributed by atoms with Crippen molar-refractivity contribution in [1.29, 1.82) is 0 Å². The first-order valence-corrected chi connectivity index (χ1v) is 6.52. The molecule has 0 aromatic heterocycles. The average Bonchev–Trinajstić information content (AvgIpc) is 2.67. The van der Waals surface area contributed by atoms with Gasteiger partial charge >= 0.3 is 0 Å². The van der Waals surface area contributed by atoms with Gasteiger partial charge in [-0.25, -0.2) is 0 Å². The van der Waals surface area contributed by atoms with Gasteiger partial charge in [0.2, 0.25) is 11.8 Å². The third kappa shape index (κ3) is 1.81. The Morgan fingerprint density at radius 1 is 1.19 bits per heavy atom. The van der Waals surface area contributed by atoms with Gasteiger partial charge < -0.3 is 5.73 Å². The van der Waals surface area contributed by atoms with Crippen molar-refractivity contribution in [2.24, 2.45) is 0 Å². The van der Waals surface area contributed by atoms with E-state index in [-0.39, 0.29) is 29.7 Å². The number of nitrogens with zero attached hydrogens (tertiary/aromatic N) is 1. The van der Waals surface area contributed by atoms with Crippen molar-refractivity contribution in [2.75, 3.05) is 5.73 Å². The number of hydrogen-bond acceptors (Lipinski definition) is 5. The standard InChI is InChI=1S/C14H13N3O4/c1-6-2-3-7-10(11(6)15)14(21)17(13(7)20)8-4-5-9(18)16-12(8)19/h2-3,8H,4-5,15H2,1H3,(H,16,18,19). The van der Waals surface area contributed by atoms with Gasteiger partial charge in [-0.05, 0) is 25.0 Å². The fraction of sp³-hybridized carbons (Fsp3) is 0.286. The Bertz CT molecular complexity index is 710. The number of nitrogen functional groups attached to an aromatic ring is 1. The van der Waals surface area contributed by atoms with Gasteiger partial charge in [-0.1, -0.05) is 6.07 Å². The molecular formula is C14H13N3O4. The minimum atomic E-state index is -0.963. The third-order valence-corrected chi connectivity index (χ3v) is 3.87. The van der Waals surface area contributed by atoms with Gasteiger partial charge in [0.05, 0.1) is 11.1 Å². The predicted octanol–water partition coefficient (Wildman–Crippen LogP) is -0.0216. The number of nitrogens with two attached hydrogens (primary N) is 1. The first-order valence-electron chi connectivity index (χ1n) is 6.52. The maximum absolute atomic E-state index is 12.5. The van der Waals surface area contributed by atoms with Crippen LogP contribution in [0.15, 0.2) is 12.1 Å². The molecule has 1 aromatic carbocycles. The van der Waals surface area contributed by atoms with Gasteiger partial charge in [0.15, 0.2) is 0 Å². The van der Waals surface area contributed by atoms with Crippen LogP contribution in [0.4, 0.5) is 5.69 Å². The molecule has 3 rings (SSSR count). The molecule has 1 saturated heterocycles. The Balaban J connectivity index is 2.02. The van der Waals surface area contributed by atoms with Crippen molar-refractivity contribution in [1.82, 2.24) is 10.2 Å². The van der Waals surface area contributed by atoms with Crippen molar-refractivity contribution in [3.05, 3.63) is 28.8 Å². The van der Waals surface area contributed by atoms with E-state index >= 15 is 0 Å². The number of rotatable bonds is 1. The Kier molecular flexibility index (Phi) is 2.79. The van der Waals surface area contributed by atoms with Crippen LogP contribution >= 0.6 is 0 Å². The summed E-state index contributed by atoms with van der Waals surface area (Å²) in [5.74, 6) is -2.15. The molecule has 0 spiro atoms. The molecular weight excluding hydrogens is 274 g/mol. The fourth-order valence-corrected chi connectivity index (χ4v) is 2.69. The maximum Gasteiger partial charge on any atom is 0.264 e. The average molecular weight is 287 g/mol. The summed E-state index contributed by atoms with van der Waals surface area (Å²) in [6.45, 7) is 1.74. The number of piperidine rings is 1. The molecule has 2 heterocycles. The quantitative estimate of drug-likeness (QED) is 0.557. The van der Waals surface area contributed by atoms with Crippen molar-refractivity contribution in [3.63, 3.8) is 0 Å². The van der Waals surface area contributed by atoms with Gasteiger partial charge in [0.25, 0.3) is 11.8 Å². The highest BCUT2D eigenvalue weighted by atomic mass is 16.2. The van der Waals surface area contributed by atoms with E-state index in [1.165, 1.54) is 6.07 Å². The Labute approximate surface area is 120 Å². The molecule has 0 radical (unpaired) electrons. The molecule has 2 aliphatic heterocycles. The second-order valence-corrected chi connectivity index (χ2v) is 5.17. The fourth-order valence-electron chi connectivity index (χ4n) is 2.69. The number of hydrogen-bond donors (Lipinski definition) is 2. The number of aryl methyl sites for hydroxylation is 1. The highest BCUT2D eigenvalue weighted by Crippen LogP contribution is 2.32. The van der Waals surface area contributed by atoms with Gasteiger partial charge in [0.1, 0.15) is 6.04 Å². The Morgan fingerprint density at radius 3 is 2.57 bits per heavy atom. The van der Waals surface area contributed by atoms with Crippen LogP contribution in [0.1, 0.15) is 39.1 Å². The number of anilines is 1. The van der Waals surface area contributed by atoms with Crippen molar-refractivity contribution in [2.45, 2.75) is 25.8 Å². The molecule has 4 amide bonds. The van der Waals surface area contributed by atoms with Crippen LogP contribution in [0, 0.1) is 6.92 Å². The molecule has 1 atom stereocenters. The lowest BCUT2D eigenvalue weighted by Gasteiger charge is -2.27. The Hall–Kier alpha value is -2.70. The van der Waals surface area contributed by atoms with Crippen LogP contribution in [0.2, 0.25) is 0 Å². The lowest BCUT2D eigenvalue weighted by Crippen LogP contribution is -2.54. The van der Waals surface area contributed by atoms with E-state index in [4.69, 9.17) is 5.73 Å². The zero-order chi connectivity index (χ0) is 15.3. The minimum absolute atomic E-state index is 0.0956. The van der Waals surface area contributed by atoms with Crippen LogP contribution in [0.25, 0.3) is 0 Å². The van der Waals surface area contributed by atoms with Crippen molar-refractivity contribution < 1.29 is 19.2 Å². The van der Waals surface area contributed by atoms with Crippen LogP contribution < -0.4 is 11.1 Å². The molecule has 7 nitrogen and oxygen atoms in total. The molecule has 1 aromatic rings. The summed E-state index contributed by atoms with van der Waals surface area (Å²) in [5.41, 5.74) is 7.17. The number of amides is 4. The van der Waals surface area contributed by atoms with E-state index in [2.05, 4.69) is 5.32 Å². The van der Waals surface area contributed by atoms with E-state index in [0.29, 0.717) is 5.56 Å². The summed E-state index contributed by atoms with van der Waals surface area (Å²) in [4.78, 5) is 48.8. The first kappa shape index (κ1) is 13.3. The number of fused-ring (bicyclic) bond motifs is 1. The highest BCUT2D eigenvalue weighted by Gasteiger charge is 2.45. The van der Waals surface area contributed by atoms with E-state index in [1.54, 1.807) is 13.0 Å². The van der Waals surface area contributed by atoms with E-state index in [1.807, 2.05) is 0 Å². The lowest BCUT2D eigenvalue weighted by molar-refractivity contribution is -0.136. The number of carbonyl (C=O) groups is 4. The number of benzene rings is 1. The number of nitrogens with one attached hydrogen (secondary N) is 1. The second-order valence-electron chi connectivity index (χ2n) is 5.17. The molecule has 2 aliphatic rings. The summed E-state index contributed by atoms with van der Waals surface area (Å²) in [6, 6.07) is 2.23. The molecule has 21 heavy (non-hydrogen) atoms. The third-order valence-electron chi connectivity index (χ3n) is 3.87. The molecule has 0 bridgehead atoms. The maximum atomic E-state index is 12.5. The van der Waals surface area contributed by atoms with E-state index < -0.39 is 29.7 Å². The SMILES string of the molecule is Cc1ccc2c(c1N)C(=O)N(C1CCC(=O)NC1=O)C2=O. The predicted molar refractivity (Wildman–Crippen MR) is 72.3 cm³/mol. The second kappa shape index (κ2) is 4.41. The largest absolute Gasteiger partial charge is 0.398 e. The summed E-state index contributed by atoms with van der Waals surface area (Å²) in [7, 11) is 0. The molecule has 108 valence electrons. The van der Waals surface area contributed by atoms with Gasteiger partial charge in [0, 0.05) is 12.1 Å². The first-order chi connectivity index (χ1) is 9.91. The molecule has 1 unspecified atom stereocenters. The summed E-state index contributed by atoms with van der Waals surface area (Å²) in [5, 5.41) is 2.14. The van der Waals surface area contributed by atoms with Crippen LogP contribution in [0.5, 0.6) is 0 Å². The van der Waals surface area contributed by atoms with Crippen LogP contribution in [-0.2, 0) is 9.59 Å². The van der Waals surface area contributed by atoms with Crippen molar-refractivity contribution in [3.8, 4) is 0 Å². The van der Waals surface area contributed by atoms with Gasteiger partial charge in [-0.2, -0.15) is 0 Å². The minimum Gasteiger partial charge on any atom is -0.398 e. The molecule has 1 fully saturated rings. The smallest absolute Gasteiger partial charge is 0.264 e. The Morgan fingerprint density at radius 2 is 1.90 bits per heavy atom. The van der Waals surface area contributed by atoms with Crippen LogP contribution in [-0.4, -0.2) is 34.6 Å². The summed E-state index contributed by atoms with van der Waals surface area (Å²) < 4.78 is 0. The topological polar surface area (TPSA) is 110 Å². The summed E-state index contributed by atoms with van der Waals surface area (Å²) >= 11 is 0. The molecule has 7 heteroatoms. The monoisotopic (exact) mass is 287 g/mol. The lowest BCUT2D eigenvalue weighted by atomic mass is 10.0. The molecule has 0 aliphatic carbocycles. The normalized spacial score (nSPS) is 21.6. The molecule has 3 N–H and O–H groups in total. The number of carbonyl (C=O) groups excluding carboxylic acids is 4.